The first kappa shape index (κ1) is 17.7. The molecular weight excluding hydrogens is 308 g/mol. The first-order valence-electron chi connectivity index (χ1n) is 7.82. The van der Waals surface area contributed by atoms with Gasteiger partial charge in [0.15, 0.2) is 28.8 Å². The molecule has 0 bridgehead atoms. The monoisotopic (exact) mass is 330 g/mol. The fourth-order valence-electron chi connectivity index (χ4n) is 2.57. The second-order valence-electron chi connectivity index (χ2n) is 5.45. The van der Waals surface area contributed by atoms with Gasteiger partial charge in [-0.25, -0.2) is 0 Å². The summed E-state index contributed by atoms with van der Waals surface area (Å²) in [7, 11) is 2.88. The van der Waals surface area contributed by atoms with E-state index in [2.05, 4.69) is 0 Å². The summed E-state index contributed by atoms with van der Waals surface area (Å²) in [6.45, 7) is 0. The molecule has 0 saturated heterocycles. The van der Waals surface area contributed by atoms with Crippen LogP contribution in [-0.2, 0) is 6.42 Å². The SMILES string of the molecule is COc1cc(OC)c(O)c(CCCCC(=O)c2ccccc2)c1O. The van der Waals surface area contributed by atoms with E-state index in [1.807, 2.05) is 18.2 Å². The number of phenols is 2. The summed E-state index contributed by atoms with van der Waals surface area (Å²) in [5.41, 5.74) is 1.07. The molecule has 0 spiro atoms. The number of aromatic hydroxyl groups is 2. The zero-order valence-electron chi connectivity index (χ0n) is 13.9. The highest BCUT2D eigenvalue weighted by atomic mass is 16.5. The Morgan fingerprint density at radius 1 is 0.958 bits per heavy atom. The Morgan fingerprint density at radius 3 is 2.08 bits per heavy atom. The van der Waals surface area contributed by atoms with Gasteiger partial charge in [0.05, 0.1) is 14.2 Å². The first-order valence-corrected chi connectivity index (χ1v) is 7.82. The van der Waals surface area contributed by atoms with Gasteiger partial charge in [-0.2, -0.15) is 0 Å². The number of hydrogen-bond acceptors (Lipinski definition) is 5. The van der Waals surface area contributed by atoms with Crippen molar-refractivity contribution in [3.8, 4) is 23.0 Å². The van der Waals surface area contributed by atoms with Crippen LogP contribution >= 0.6 is 0 Å². The number of Topliss-reactive ketones (excluding diaryl/α,β-unsaturated/α-hetero) is 1. The van der Waals surface area contributed by atoms with Gasteiger partial charge in [-0.05, 0) is 19.3 Å². The summed E-state index contributed by atoms with van der Waals surface area (Å²) in [5.74, 6) is 0.405. The van der Waals surface area contributed by atoms with Crippen molar-refractivity contribution in [2.24, 2.45) is 0 Å². The summed E-state index contributed by atoms with van der Waals surface area (Å²) >= 11 is 0. The number of unbranched alkanes of at least 4 members (excludes halogenated alkanes) is 1. The van der Waals surface area contributed by atoms with Gasteiger partial charge in [0.2, 0.25) is 0 Å². The number of hydrogen-bond donors (Lipinski definition) is 2. The van der Waals surface area contributed by atoms with Crippen molar-refractivity contribution in [2.45, 2.75) is 25.7 Å². The van der Waals surface area contributed by atoms with E-state index in [1.54, 1.807) is 12.1 Å². The minimum absolute atomic E-state index is 0.0901. The Bertz CT molecular complexity index is 666. The van der Waals surface area contributed by atoms with Crippen LogP contribution in [0.25, 0.3) is 0 Å². The van der Waals surface area contributed by atoms with E-state index in [4.69, 9.17) is 9.47 Å². The predicted molar refractivity (Wildman–Crippen MR) is 91.2 cm³/mol. The Labute approximate surface area is 141 Å². The molecular formula is C19H22O5. The Balaban J connectivity index is 1.98. The normalized spacial score (nSPS) is 10.4. The van der Waals surface area contributed by atoms with Gasteiger partial charge in [0.25, 0.3) is 0 Å². The molecule has 0 fully saturated rings. The Morgan fingerprint density at radius 2 is 1.54 bits per heavy atom. The molecule has 0 aliphatic rings. The molecule has 2 rings (SSSR count). The van der Waals surface area contributed by atoms with Crippen molar-refractivity contribution < 1.29 is 24.5 Å². The molecule has 5 nitrogen and oxygen atoms in total. The largest absolute Gasteiger partial charge is 0.504 e. The quantitative estimate of drug-likeness (QED) is 0.570. The van der Waals surface area contributed by atoms with E-state index in [-0.39, 0.29) is 28.8 Å². The zero-order chi connectivity index (χ0) is 17.5. The summed E-state index contributed by atoms with van der Waals surface area (Å²) < 4.78 is 10.2. The van der Waals surface area contributed by atoms with Crippen molar-refractivity contribution >= 4 is 5.78 Å². The van der Waals surface area contributed by atoms with Gasteiger partial charge in [-0.15, -0.1) is 0 Å². The number of benzene rings is 2. The predicted octanol–water partition coefficient (Wildman–Crippen LogP) is 3.71. The van der Waals surface area contributed by atoms with Gasteiger partial charge in [-0.3, -0.25) is 4.79 Å². The van der Waals surface area contributed by atoms with Crippen LogP contribution in [0.15, 0.2) is 36.4 Å². The van der Waals surface area contributed by atoms with Gasteiger partial charge < -0.3 is 19.7 Å². The van der Waals surface area contributed by atoms with Crippen LogP contribution < -0.4 is 9.47 Å². The molecule has 2 aromatic carbocycles. The van der Waals surface area contributed by atoms with E-state index in [1.165, 1.54) is 20.3 Å². The topological polar surface area (TPSA) is 76.0 Å². The van der Waals surface area contributed by atoms with Gasteiger partial charge >= 0.3 is 0 Å². The van der Waals surface area contributed by atoms with Crippen LogP contribution in [0.3, 0.4) is 0 Å². The molecule has 0 aromatic heterocycles. The van der Waals surface area contributed by atoms with Crippen molar-refractivity contribution in [3.05, 3.63) is 47.5 Å². The first-order chi connectivity index (χ1) is 11.6. The van der Waals surface area contributed by atoms with Crippen LogP contribution in [0.4, 0.5) is 0 Å². The van der Waals surface area contributed by atoms with Crippen LogP contribution in [0.5, 0.6) is 23.0 Å². The van der Waals surface area contributed by atoms with E-state index in [9.17, 15) is 15.0 Å². The van der Waals surface area contributed by atoms with E-state index >= 15 is 0 Å². The van der Waals surface area contributed by atoms with Gasteiger partial charge in [-0.1, -0.05) is 30.3 Å². The zero-order valence-corrected chi connectivity index (χ0v) is 13.9. The third-order valence-electron chi connectivity index (χ3n) is 3.92. The van der Waals surface area contributed by atoms with Crippen molar-refractivity contribution in [2.75, 3.05) is 14.2 Å². The van der Waals surface area contributed by atoms with E-state index in [0.717, 1.165) is 0 Å². The maximum atomic E-state index is 12.1. The highest BCUT2D eigenvalue weighted by molar-refractivity contribution is 5.95. The average Bonchev–Trinajstić information content (AvgIpc) is 2.61. The molecule has 0 aliphatic carbocycles. The molecule has 0 unspecified atom stereocenters. The lowest BCUT2D eigenvalue weighted by atomic mass is 10.0. The Kier molecular flexibility index (Phi) is 6.07. The number of phenolic OH excluding ortho intramolecular Hbond substituents is 2. The van der Waals surface area contributed by atoms with Crippen LogP contribution in [-0.4, -0.2) is 30.2 Å². The highest BCUT2D eigenvalue weighted by Crippen LogP contribution is 2.43. The number of ketones is 1. The fourth-order valence-corrected chi connectivity index (χ4v) is 2.57. The maximum Gasteiger partial charge on any atom is 0.164 e. The lowest BCUT2D eigenvalue weighted by Crippen LogP contribution is -1.99. The molecule has 0 amide bonds. The smallest absolute Gasteiger partial charge is 0.164 e. The Hall–Kier alpha value is -2.69. The third-order valence-corrected chi connectivity index (χ3v) is 3.92. The van der Waals surface area contributed by atoms with Crippen molar-refractivity contribution in [1.82, 2.24) is 0 Å². The lowest BCUT2D eigenvalue weighted by molar-refractivity contribution is 0.0979. The number of methoxy groups -OCH3 is 2. The summed E-state index contributed by atoms with van der Waals surface area (Å²) in [6, 6.07) is 10.6. The molecule has 128 valence electrons. The number of rotatable bonds is 8. The van der Waals surface area contributed by atoms with Crippen LogP contribution in [0.2, 0.25) is 0 Å². The number of carbonyl (C=O) groups excluding carboxylic acids is 1. The summed E-state index contributed by atoms with van der Waals surface area (Å²) in [6.07, 6.45) is 2.15. The van der Waals surface area contributed by atoms with E-state index in [0.29, 0.717) is 36.8 Å². The molecule has 24 heavy (non-hydrogen) atoms. The average molecular weight is 330 g/mol. The third kappa shape index (κ3) is 3.98. The maximum absolute atomic E-state index is 12.1. The molecule has 0 saturated carbocycles. The second-order valence-corrected chi connectivity index (χ2v) is 5.45. The molecule has 0 aliphatic heterocycles. The minimum Gasteiger partial charge on any atom is -0.504 e. The van der Waals surface area contributed by atoms with Crippen molar-refractivity contribution in [1.29, 1.82) is 0 Å². The molecule has 5 heteroatoms. The number of carbonyl (C=O) groups is 1. The molecule has 2 N–H and O–H groups in total. The summed E-state index contributed by atoms with van der Waals surface area (Å²) in [4.78, 5) is 12.1. The minimum atomic E-state index is -0.0924. The molecule has 0 heterocycles. The summed E-state index contributed by atoms with van der Waals surface area (Å²) in [5, 5.41) is 20.3. The fraction of sp³-hybridized carbons (Fsp3) is 0.316. The molecule has 0 radical (unpaired) electrons. The van der Waals surface area contributed by atoms with E-state index < -0.39 is 0 Å². The highest BCUT2D eigenvalue weighted by Gasteiger charge is 2.18. The standard InChI is InChI=1S/C19H22O5/c1-23-16-12-17(24-2)19(22)14(18(16)21)10-6-7-11-15(20)13-8-4-3-5-9-13/h3-5,8-9,12,21-22H,6-7,10-11H2,1-2H3. The van der Waals surface area contributed by atoms with Crippen LogP contribution in [0, 0.1) is 0 Å². The molecule has 0 atom stereocenters. The number of ether oxygens (including phenoxy) is 2. The van der Waals surface area contributed by atoms with Gasteiger partial charge in [0, 0.05) is 23.6 Å². The molecule has 2 aromatic rings. The lowest BCUT2D eigenvalue weighted by Gasteiger charge is -2.14. The second kappa shape index (κ2) is 8.24. The van der Waals surface area contributed by atoms with Gasteiger partial charge in [0.1, 0.15) is 0 Å². The van der Waals surface area contributed by atoms with Crippen LogP contribution in [0.1, 0.15) is 35.2 Å². The van der Waals surface area contributed by atoms with Crippen molar-refractivity contribution in [3.63, 3.8) is 0 Å².